The topological polar surface area (TPSA) is 80.9 Å². The Bertz CT molecular complexity index is 816. The van der Waals surface area contributed by atoms with Crippen LogP contribution >= 0.6 is 0 Å². The molecule has 1 N–H and O–H groups in total. The molecule has 3 aromatic rings. The van der Waals surface area contributed by atoms with Gasteiger partial charge in [-0.1, -0.05) is 0 Å². The molecule has 0 saturated carbocycles. The van der Waals surface area contributed by atoms with Gasteiger partial charge in [0, 0.05) is 18.0 Å². The third kappa shape index (κ3) is 3.57. The standard InChI is InChI=1S/C16H13FN4O2/c1-10-13(9-14(22)21-16-18-7-2-8-19-16)20-15(23-10)11-3-5-12(17)6-4-11/h2-8H,9H2,1H3,(H,18,19,21,22). The summed E-state index contributed by atoms with van der Waals surface area (Å²) in [6.45, 7) is 1.72. The summed E-state index contributed by atoms with van der Waals surface area (Å²) < 4.78 is 18.5. The van der Waals surface area contributed by atoms with E-state index in [0.29, 0.717) is 22.9 Å². The summed E-state index contributed by atoms with van der Waals surface area (Å²) in [5.74, 6) is 0.491. The van der Waals surface area contributed by atoms with Crippen molar-refractivity contribution in [1.82, 2.24) is 15.0 Å². The van der Waals surface area contributed by atoms with Gasteiger partial charge in [0.25, 0.3) is 0 Å². The molecular formula is C16H13FN4O2. The van der Waals surface area contributed by atoms with Crippen molar-refractivity contribution in [1.29, 1.82) is 0 Å². The lowest BCUT2D eigenvalue weighted by molar-refractivity contribution is -0.115. The molecule has 0 aliphatic carbocycles. The summed E-state index contributed by atoms with van der Waals surface area (Å²) >= 11 is 0. The molecule has 1 amide bonds. The van der Waals surface area contributed by atoms with Crippen LogP contribution in [0.5, 0.6) is 0 Å². The molecule has 2 aromatic heterocycles. The maximum absolute atomic E-state index is 13.0. The summed E-state index contributed by atoms with van der Waals surface area (Å²) in [6.07, 6.45) is 3.11. The van der Waals surface area contributed by atoms with Crippen LogP contribution in [-0.4, -0.2) is 20.9 Å². The lowest BCUT2D eigenvalue weighted by Gasteiger charge is -2.01. The molecule has 116 valence electrons. The highest BCUT2D eigenvalue weighted by Gasteiger charge is 2.15. The van der Waals surface area contributed by atoms with Crippen LogP contribution in [0.3, 0.4) is 0 Å². The highest BCUT2D eigenvalue weighted by molar-refractivity contribution is 5.90. The predicted molar refractivity (Wildman–Crippen MR) is 81.0 cm³/mol. The fraction of sp³-hybridized carbons (Fsp3) is 0.125. The van der Waals surface area contributed by atoms with Crippen LogP contribution < -0.4 is 5.32 Å². The third-order valence-corrected chi connectivity index (χ3v) is 3.13. The number of halogens is 1. The van der Waals surface area contributed by atoms with E-state index in [4.69, 9.17) is 4.42 Å². The quantitative estimate of drug-likeness (QED) is 0.801. The number of nitrogens with zero attached hydrogens (tertiary/aromatic N) is 3. The van der Waals surface area contributed by atoms with E-state index in [2.05, 4.69) is 20.3 Å². The second kappa shape index (κ2) is 6.35. The van der Waals surface area contributed by atoms with Gasteiger partial charge in [-0.15, -0.1) is 0 Å². The van der Waals surface area contributed by atoms with Crippen LogP contribution in [0.25, 0.3) is 11.5 Å². The van der Waals surface area contributed by atoms with E-state index in [-0.39, 0.29) is 24.1 Å². The molecule has 0 atom stereocenters. The van der Waals surface area contributed by atoms with Crippen LogP contribution in [0.1, 0.15) is 11.5 Å². The van der Waals surface area contributed by atoms with Gasteiger partial charge in [0.1, 0.15) is 11.6 Å². The van der Waals surface area contributed by atoms with Gasteiger partial charge < -0.3 is 4.42 Å². The number of nitrogens with one attached hydrogen (secondary N) is 1. The third-order valence-electron chi connectivity index (χ3n) is 3.13. The second-order valence-electron chi connectivity index (χ2n) is 4.83. The molecular weight excluding hydrogens is 299 g/mol. The Morgan fingerprint density at radius 1 is 1.22 bits per heavy atom. The number of hydrogen-bond acceptors (Lipinski definition) is 5. The largest absolute Gasteiger partial charge is 0.441 e. The highest BCUT2D eigenvalue weighted by Crippen LogP contribution is 2.22. The van der Waals surface area contributed by atoms with E-state index in [1.165, 1.54) is 24.5 Å². The van der Waals surface area contributed by atoms with Crippen molar-refractivity contribution in [3.8, 4) is 11.5 Å². The number of rotatable bonds is 4. The minimum absolute atomic E-state index is 0.0365. The Morgan fingerprint density at radius 3 is 2.61 bits per heavy atom. The number of aryl methyl sites for hydroxylation is 1. The fourth-order valence-corrected chi connectivity index (χ4v) is 1.99. The van der Waals surface area contributed by atoms with E-state index in [1.54, 1.807) is 25.1 Å². The maximum Gasteiger partial charge on any atom is 0.232 e. The monoisotopic (exact) mass is 312 g/mol. The van der Waals surface area contributed by atoms with Crippen molar-refractivity contribution >= 4 is 11.9 Å². The first-order chi connectivity index (χ1) is 11.1. The van der Waals surface area contributed by atoms with Gasteiger partial charge in [0.05, 0.1) is 12.1 Å². The SMILES string of the molecule is Cc1oc(-c2ccc(F)cc2)nc1CC(=O)Nc1ncccn1. The normalized spacial score (nSPS) is 10.5. The Labute approximate surface area is 131 Å². The molecule has 1 aromatic carbocycles. The van der Waals surface area contributed by atoms with E-state index < -0.39 is 0 Å². The number of anilines is 1. The summed E-state index contributed by atoms with van der Waals surface area (Å²) in [5.41, 5.74) is 1.16. The number of oxazole rings is 1. The molecule has 0 unspecified atom stereocenters. The molecule has 2 heterocycles. The minimum atomic E-state index is -0.334. The number of carbonyl (C=O) groups is 1. The predicted octanol–water partition coefficient (Wildman–Crippen LogP) is 2.76. The molecule has 0 spiro atoms. The molecule has 0 fully saturated rings. The zero-order valence-corrected chi connectivity index (χ0v) is 12.3. The van der Waals surface area contributed by atoms with Crippen molar-refractivity contribution in [2.75, 3.05) is 5.32 Å². The molecule has 0 aliphatic heterocycles. The van der Waals surface area contributed by atoms with Gasteiger partial charge in [-0.2, -0.15) is 0 Å². The Hall–Kier alpha value is -3.09. The highest BCUT2D eigenvalue weighted by atomic mass is 19.1. The maximum atomic E-state index is 13.0. The van der Waals surface area contributed by atoms with Crippen molar-refractivity contribution in [2.24, 2.45) is 0 Å². The molecule has 0 radical (unpaired) electrons. The smallest absolute Gasteiger partial charge is 0.232 e. The van der Waals surface area contributed by atoms with Gasteiger partial charge in [-0.05, 0) is 37.3 Å². The molecule has 23 heavy (non-hydrogen) atoms. The first kappa shape index (κ1) is 14.8. The van der Waals surface area contributed by atoms with E-state index >= 15 is 0 Å². The lowest BCUT2D eigenvalue weighted by atomic mass is 10.2. The summed E-state index contributed by atoms with van der Waals surface area (Å²) in [6, 6.07) is 7.46. The Balaban J connectivity index is 1.73. The first-order valence-corrected chi connectivity index (χ1v) is 6.91. The zero-order valence-electron chi connectivity index (χ0n) is 12.3. The number of aromatic nitrogens is 3. The second-order valence-corrected chi connectivity index (χ2v) is 4.83. The number of carbonyl (C=O) groups excluding carboxylic acids is 1. The van der Waals surface area contributed by atoms with Crippen molar-refractivity contribution < 1.29 is 13.6 Å². The van der Waals surface area contributed by atoms with Crippen LogP contribution in [0.15, 0.2) is 47.1 Å². The first-order valence-electron chi connectivity index (χ1n) is 6.91. The molecule has 3 rings (SSSR count). The van der Waals surface area contributed by atoms with Gasteiger partial charge in [0.15, 0.2) is 0 Å². The van der Waals surface area contributed by atoms with E-state index in [1.807, 2.05) is 0 Å². The lowest BCUT2D eigenvalue weighted by Crippen LogP contribution is -2.16. The summed E-state index contributed by atoms with van der Waals surface area (Å²) in [5, 5.41) is 2.58. The zero-order chi connectivity index (χ0) is 16.2. The summed E-state index contributed by atoms with van der Waals surface area (Å²) in [7, 11) is 0. The average Bonchev–Trinajstić information content (AvgIpc) is 2.90. The van der Waals surface area contributed by atoms with Crippen LogP contribution in [0.4, 0.5) is 10.3 Å². The Kier molecular flexibility index (Phi) is 4.09. The molecule has 0 bridgehead atoms. The van der Waals surface area contributed by atoms with Crippen LogP contribution in [0, 0.1) is 12.7 Å². The van der Waals surface area contributed by atoms with Crippen LogP contribution in [0.2, 0.25) is 0 Å². The molecule has 0 aliphatic rings. The number of hydrogen-bond donors (Lipinski definition) is 1. The number of benzene rings is 1. The van der Waals surface area contributed by atoms with Crippen molar-refractivity contribution in [3.63, 3.8) is 0 Å². The molecule has 7 heteroatoms. The Morgan fingerprint density at radius 2 is 1.91 bits per heavy atom. The van der Waals surface area contributed by atoms with Gasteiger partial charge in [-0.3, -0.25) is 10.1 Å². The van der Waals surface area contributed by atoms with Crippen molar-refractivity contribution in [2.45, 2.75) is 13.3 Å². The fourth-order valence-electron chi connectivity index (χ4n) is 1.99. The van der Waals surface area contributed by atoms with E-state index in [9.17, 15) is 9.18 Å². The minimum Gasteiger partial charge on any atom is -0.441 e. The average molecular weight is 312 g/mol. The van der Waals surface area contributed by atoms with Crippen molar-refractivity contribution in [3.05, 3.63) is 60.0 Å². The summed E-state index contributed by atoms with van der Waals surface area (Å²) in [4.78, 5) is 24.1. The van der Waals surface area contributed by atoms with Gasteiger partial charge in [-0.25, -0.2) is 19.3 Å². The number of amides is 1. The van der Waals surface area contributed by atoms with Gasteiger partial charge in [0.2, 0.25) is 17.7 Å². The molecule has 0 saturated heterocycles. The van der Waals surface area contributed by atoms with E-state index in [0.717, 1.165) is 0 Å². The molecule has 6 nitrogen and oxygen atoms in total. The van der Waals surface area contributed by atoms with Crippen LogP contribution in [-0.2, 0) is 11.2 Å². The van der Waals surface area contributed by atoms with Gasteiger partial charge >= 0.3 is 0 Å².